The fraction of sp³-hybridized carbons (Fsp3) is 0.286. The lowest BCUT2D eigenvalue weighted by Crippen LogP contribution is -2.44. The van der Waals surface area contributed by atoms with Gasteiger partial charge in [0.2, 0.25) is 0 Å². The topological polar surface area (TPSA) is 83.8 Å². The summed E-state index contributed by atoms with van der Waals surface area (Å²) >= 11 is 0. The predicted molar refractivity (Wildman–Crippen MR) is 134 cm³/mol. The fourth-order valence-corrected chi connectivity index (χ4v) is 4.97. The number of hydrogen-bond acceptors (Lipinski definition) is 5. The van der Waals surface area contributed by atoms with Crippen LogP contribution in [0, 0.1) is 5.41 Å². The lowest BCUT2D eigenvalue weighted by atomic mass is 9.73. The largest absolute Gasteiger partial charge is 0.497 e. The molecule has 0 bridgehead atoms. The van der Waals surface area contributed by atoms with Crippen LogP contribution in [0.15, 0.2) is 82.6 Å². The Bertz CT molecular complexity index is 1280. The van der Waals surface area contributed by atoms with E-state index in [1.165, 1.54) is 0 Å². The Labute approximate surface area is 204 Å². The maximum Gasteiger partial charge on any atom is 0.323 e. The molecule has 1 aliphatic carbocycles. The number of allylic oxidation sites excluding steroid dienone is 1. The molecule has 2 aromatic carbocycles. The molecule has 1 aromatic heterocycles. The van der Waals surface area contributed by atoms with Crippen molar-refractivity contribution in [2.45, 2.75) is 39.3 Å². The van der Waals surface area contributed by atoms with E-state index in [0.717, 1.165) is 16.9 Å². The summed E-state index contributed by atoms with van der Waals surface area (Å²) in [5, 5.41) is 6.50. The zero-order valence-corrected chi connectivity index (χ0v) is 20.1. The molecule has 1 atom stereocenters. The molecule has 0 saturated heterocycles. The van der Waals surface area contributed by atoms with Crippen LogP contribution < -0.4 is 20.3 Å². The van der Waals surface area contributed by atoms with Crippen LogP contribution in [0.1, 0.15) is 44.1 Å². The maximum atomic E-state index is 13.8. The lowest BCUT2D eigenvalue weighted by Gasteiger charge is -2.37. The van der Waals surface area contributed by atoms with E-state index in [0.29, 0.717) is 35.6 Å². The van der Waals surface area contributed by atoms with Gasteiger partial charge in [-0.05, 0) is 53.8 Å². The van der Waals surface area contributed by atoms with Gasteiger partial charge in [-0.15, -0.1) is 0 Å². The zero-order valence-electron chi connectivity index (χ0n) is 20.1. The third kappa shape index (κ3) is 4.41. The molecule has 0 fully saturated rings. The number of ether oxygens (including phenoxy) is 1. The molecule has 1 unspecified atom stereocenters. The molecule has 3 aromatic rings. The van der Waals surface area contributed by atoms with Gasteiger partial charge in [-0.1, -0.05) is 38.1 Å². The Kier molecular flexibility index (Phi) is 5.84. The highest BCUT2D eigenvalue weighted by atomic mass is 16.5. The standard InChI is InChI=1S/C28H29N3O4/c1-28(2)15-22-25(24(32)16-28)26(18-10-12-19(34-3)13-11-18)31(23-9-5-4-8-21(23)30-22)27(33)29-17-20-7-6-14-35-20/h4-14,26,30H,15-17H2,1-3H3,(H,29,33). The normalized spacial score (nSPS) is 18.8. The van der Waals surface area contributed by atoms with Crippen LogP contribution in [-0.2, 0) is 11.3 Å². The number of anilines is 2. The van der Waals surface area contributed by atoms with Gasteiger partial charge in [0.1, 0.15) is 11.5 Å². The van der Waals surface area contributed by atoms with Crippen molar-refractivity contribution in [2.24, 2.45) is 5.41 Å². The minimum atomic E-state index is -0.604. The number of methoxy groups -OCH3 is 1. The molecule has 7 nitrogen and oxygen atoms in total. The first kappa shape index (κ1) is 22.8. The van der Waals surface area contributed by atoms with Crippen molar-refractivity contribution in [3.63, 3.8) is 0 Å². The number of carbonyl (C=O) groups is 2. The average molecular weight is 472 g/mol. The Morgan fingerprint density at radius 1 is 1.11 bits per heavy atom. The first-order chi connectivity index (χ1) is 16.9. The minimum absolute atomic E-state index is 0.0428. The van der Waals surface area contributed by atoms with Crippen molar-refractivity contribution < 1.29 is 18.7 Å². The summed E-state index contributed by atoms with van der Waals surface area (Å²) in [5.74, 6) is 1.40. The molecular formula is C28H29N3O4. The summed E-state index contributed by atoms with van der Waals surface area (Å²) in [6.07, 6.45) is 2.70. The number of urea groups is 1. The monoisotopic (exact) mass is 471 g/mol. The molecule has 0 radical (unpaired) electrons. The van der Waals surface area contributed by atoms with Gasteiger partial charge < -0.3 is 19.8 Å². The number of furan rings is 1. The molecular weight excluding hydrogens is 442 g/mol. The van der Waals surface area contributed by atoms with Gasteiger partial charge in [0.05, 0.1) is 37.3 Å². The van der Waals surface area contributed by atoms with Crippen LogP contribution in [0.4, 0.5) is 16.2 Å². The highest BCUT2D eigenvalue weighted by Gasteiger charge is 2.43. The molecule has 2 heterocycles. The van der Waals surface area contributed by atoms with Gasteiger partial charge in [-0.2, -0.15) is 0 Å². The van der Waals surface area contributed by atoms with E-state index in [1.54, 1.807) is 24.3 Å². The quantitative estimate of drug-likeness (QED) is 0.501. The van der Waals surface area contributed by atoms with E-state index >= 15 is 0 Å². The fourth-order valence-electron chi connectivity index (χ4n) is 4.97. The van der Waals surface area contributed by atoms with Gasteiger partial charge >= 0.3 is 6.03 Å². The van der Waals surface area contributed by atoms with E-state index in [2.05, 4.69) is 24.5 Å². The highest BCUT2D eigenvalue weighted by molar-refractivity contribution is 6.06. The number of nitrogens with one attached hydrogen (secondary N) is 2. The van der Waals surface area contributed by atoms with Crippen LogP contribution in [0.2, 0.25) is 0 Å². The molecule has 1 aliphatic heterocycles. The second-order valence-electron chi connectivity index (χ2n) is 9.76. The molecule has 180 valence electrons. The third-order valence-electron chi connectivity index (χ3n) is 6.55. The molecule has 35 heavy (non-hydrogen) atoms. The summed E-state index contributed by atoms with van der Waals surface area (Å²) in [6, 6.07) is 17.9. The SMILES string of the molecule is COc1ccc(C2C3=C(CC(C)(C)CC3=O)Nc3ccccc3N2C(=O)NCc2ccco2)cc1. The number of Topliss-reactive ketones (excluding diaryl/α,β-unsaturated/α-hetero) is 1. The second kappa shape index (κ2) is 8.98. The van der Waals surface area contributed by atoms with Gasteiger partial charge in [0.15, 0.2) is 5.78 Å². The summed E-state index contributed by atoms with van der Waals surface area (Å²) in [6.45, 7) is 4.44. The summed E-state index contributed by atoms with van der Waals surface area (Å²) in [5.41, 5.74) is 3.62. The number of fused-ring (bicyclic) bond motifs is 1. The van der Waals surface area contributed by atoms with E-state index in [-0.39, 0.29) is 23.8 Å². The first-order valence-electron chi connectivity index (χ1n) is 11.7. The number of carbonyl (C=O) groups excluding carboxylic acids is 2. The van der Waals surface area contributed by atoms with Crippen LogP contribution in [-0.4, -0.2) is 18.9 Å². The molecule has 5 rings (SSSR count). The van der Waals surface area contributed by atoms with Gasteiger partial charge in [-0.3, -0.25) is 9.69 Å². The van der Waals surface area contributed by atoms with Gasteiger partial charge in [0, 0.05) is 17.7 Å². The molecule has 2 N–H and O–H groups in total. The van der Waals surface area contributed by atoms with Crippen molar-refractivity contribution >= 4 is 23.2 Å². The van der Waals surface area contributed by atoms with Crippen LogP contribution >= 0.6 is 0 Å². The number of ketones is 1. The van der Waals surface area contributed by atoms with E-state index in [9.17, 15) is 9.59 Å². The third-order valence-corrected chi connectivity index (χ3v) is 6.55. The first-order valence-corrected chi connectivity index (χ1v) is 11.7. The number of nitrogens with zero attached hydrogens (tertiary/aromatic N) is 1. The molecule has 0 spiro atoms. The minimum Gasteiger partial charge on any atom is -0.497 e. The number of amides is 2. The summed E-state index contributed by atoms with van der Waals surface area (Å²) in [7, 11) is 1.61. The predicted octanol–water partition coefficient (Wildman–Crippen LogP) is 5.81. The number of para-hydroxylation sites is 2. The molecule has 2 aliphatic rings. The Balaban J connectivity index is 1.66. The van der Waals surface area contributed by atoms with Crippen molar-refractivity contribution in [3.05, 3.63) is 89.5 Å². The Hall–Kier alpha value is -4.00. The van der Waals surface area contributed by atoms with Crippen molar-refractivity contribution in [3.8, 4) is 5.75 Å². The molecule has 2 amide bonds. The van der Waals surface area contributed by atoms with Crippen molar-refractivity contribution in [1.82, 2.24) is 5.32 Å². The second-order valence-corrected chi connectivity index (χ2v) is 9.76. The molecule has 7 heteroatoms. The van der Waals surface area contributed by atoms with Crippen molar-refractivity contribution in [2.75, 3.05) is 17.3 Å². The Morgan fingerprint density at radius 2 is 1.89 bits per heavy atom. The van der Waals surface area contributed by atoms with E-state index in [4.69, 9.17) is 9.15 Å². The van der Waals surface area contributed by atoms with Crippen LogP contribution in [0.25, 0.3) is 0 Å². The molecule has 0 saturated carbocycles. The summed E-state index contributed by atoms with van der Waals surface area (Å²) in [4.78, 5) is 29.2. The maximum absolute atomic E-state index is 13.8. The lowest BCUT2D eigenvalue weighted by molar-refractivity contribution is -0.118. The van der Waals surface area contributed by atoms with E-state index in [1.807, 2.05) is 54.6 Å². The number of rotatable bonds is 4. The van der Waals surface area contributed by atoms with Gasteiger partial charge in [-0.25, -0.2) is 4.79 Å². The highest BCUT2D eigenvalue weighted by Crippen LogP contribution is 2.48. The van der Waals surface area contributed by atoms with Gasteiger partial charge in [0.25, 0.3) is 0 Å². The van der Waals surface area contributed by atoms with Crippen molar-refractivity contribution in [1.29, 1.82) is 0 Å². The zero-order chi connectivity index (χ0) is 24.6. The van der Waals surface area contributed by atoms with Crippen LogP contribution in [0.3, 0.4) is 0 Å². The van der Waals surface area contributed by atoms with Crippen LogP contribution in [0.5, 0.6) is 5.75 Å². The smallest absolute Gasteiger partial charge is 0.323 e. The summed E-state index contributed by atoms with van der Waals surface area (Å²) < 4.78 is 10.8. The average Bonchev–Trinajstić information content (AvgIpc) is 3.31. The van der Waals surface area contributed by atoms with E-state index < -0.39 is 6.04 Å². The number of hydrogen-bond donors (Lipinski definition) is 2. The number of benzene rings is 2. The Morgan fingerprint density at radius 3 is 2.60 bits per heavy atom.